The highest BCUT2D eigenvalue weighted by Gasteiger charge is 2.24. The summed E-state index contributed by atoms with van der Waals surface area (Å²) in [6, 6.07) is 14.7. The number of H-pyrrole nitrogens is 1. The molecule has 11 heteroatoms. The van der Waals surface area contributed by atoms with Gasteiger partial charge in [-0.1, -0.05) is 42.5 Å². The Bertz CT molecular complexity index is 1240. The molecule has 1 heterocycles. The monoisotopic (exact) mass is 488 g/mol. The van der Waals surface area contributed by atoms with Crippen LogP contribution in [0.1, 0.15) is 17.5 Å². The second-order valence-corrected chi connectivity index (χ2v) is 7.66. The first-order chi connectivity index (χ1) is 16.8. The van der Waals surface area contributed by atoms with Crippen LogP contribution in [0.5, 0.6) is 5.75 Å². The van der Waals surface area contributed by atoms with Crippen LogP contribution in [0, 0.1) is 0 Å². The molecule has 0 saturated carbocycles. The smallest absolute Gasteiger partial charge is 0.387 e. The standard InChI is InChI=1S/C24H26F2N4O5/c1-34-13-5-12-29(19(31)14-16-8-10-18(11-9-16)35-23(25)26)20-21(27)30(24(33)28-22(20)32)15-17-6-3-2-4-7-17/h2-4,6-11,23H,5,12-15,27H2,1H3,(H,28,32,33). The Morgan fingerprint density at radius 3 is 2.40 bits per heavy atom. The van der Waals surface area contributed by atoms with Gasteiger partial charge in [0, 0.05) is 20.3 Å². The number of benzene rings is 2. The van der Waals surface area contributed by atoms with E-state index < -0.39 is 23.8 Å². The van der Waals surface area contributed by atoms with Gasteiger partial charge in [-0.25, -0.2) is 4.79 Å². The molecule has 0 spiro atoms. The number of rotatable bonds is 11. The first-order valence-electron chi connectivity index (χ1n) is 10.8. The lowest BCUT2D eigenvalue weighted by molar-refractivity contribution is -0.118. The Morgan fingerprint density at radius 1 is 1.09 bits per heavy atom. The van der Waals surface area contributed by atoms with Crippen molar-refractivity contribution < 1.29 is 23.0 Å². The maximum Gasteiger partial charge on any atom is 0.387 e. The number of alkyl halides is 2. The van der Waals surface area contributed by atoms with Crippen molar-refractivity contribution in [3.05, 3.63) is 86.6 Å². The summed E-state index contributed by atoms with van der Waals surface area (Å²) in [5, 5.41) is 0. The molecule has 1 amide bonds. The number of amides is 1. The van der Waals surface area contributed by atoms with Gasteiger partial charge in [-0.3, -0.25) is 19.1 Å². The minimum atomic E-state index is -2.96. The van der Waals surface area contributed by atoms with Crippen molar-refractivity contribution in [1.82, 2.24) is 9.55 Å². The van der Waals surface area contributed by atoms with Crippen LogP contribution < -0.4 is 26.6 Å². The van der Waals surface area contributed by atoms with Crippen LogP contribution in [0.25, 0.3) is 0 Å². The van der Waals surface area contributed by atoms with Gasteiger partial charge >= 0.3 is 12.3 Å². The fourth-order valence-electron chi connectivity index (χ4n) is 3.55. The number of hydrogen-bond donors (Lipinski definition) is 2. The van der Waals surface area contributed by atoms with Gasteiger partial charge in [-0.15, -0.1) is 0 Å². The molecule has 9 nitrogen and oxygen atoms in total. The predicted molar refractivity (Wildman–Crippen MR) is 127 cm³/mol. The van der Waals surface area contributed by atoms with Crippen molar-refractivity contribution in [2.75, 3.05) is 30.9 Å². The number of anilines is 2. The van der Waals surface area contributed by atoms with Gasteiger partial charge in [0.2, 0.25) is 5.91 Å². The van der Waals surface area contributed by atoms with Crippen LogP contribution in [0.4, 0.5) is 20.3 Å². The van der Waals surface area contributed by atoms with E-state index in [1.54, 1.807) is 24.3 Å². The summed E-state index contributed by atoms with van der Waals surface area (Å²) in [5.74, 6) is -0.651. The second-order valence-electron chi connectivity index (χ2n) is 7.66. The van der Waals surface area contributed by atoms with Crippen LogP contribution in [0.15, 0.2) is 64.2 Å². The molecule has 186 valence electrons. The van der Waals surface area contributed by atoms with Crippen molar-refractivity contribution in [2.45, 2.75) is 26.0 Å². The number of nitrogens with one attached hydrogen (secondary N) is 1. The molecule has 0 radical (unpaired) electrons. The predicted octanol–water partition coefficient (Wildman–Crippen LogP) is 2.38. The molecule has 2 aromatic carbocycles. The van der Waals surface area contributed by atoms with Crippen LogP contribution >= 0.6 is 0 Å². The summed E-state index contributed by atoms with van der Waals surface area (Å²) in [5.41, 5.74) is 5.94. The molecule has 1 aromatic heterocycles. The van der Waals surface area contributed by atoms with E-state index in [4.69, 9.17) is 10.5 Å². The molecule has 3 N–H and O–H groups in total. The Hall–Kier alpha value is -3.99. The lowest BCUT2D eigenvalue weighted by Crippen LogP contribution is -2.42. The number of hydrogen-bond acceptors (Lipinski definition) is 6. The average molecular weight is 488 g/mol. The Balaban J connectivity index is 1.93. The summed E-state index contributed by atoms with van der Waals surface area (Å²) in [7, 11) is 1.51. The fraction of sp³-hybridized carbons (Fsp3) is 0.292. The second kappa shape index (κ2) is 11.9. The average Bonchev–Trinajstić information content (AvgIpc) is 2.82. The number of nitrogens with two attached hydrogens (primary N) is 1. The first kappa shape index (κ1) is 25.6. The Labute approximate surface area is 199 Å². The largest absolute Gasteiger partial charge is 0.435 e. The number of ether oxygens (including phenoxy) is 2. The van der Waals surface area contributed by atoms with E-state index in [1.165, 1.54) is 40.8 Å². The minimum absolute atomic E-state index is 0.0400. The molecule has 0 atom stereocenters. The third kappa shape index (κ3) is 6.76. The summed E-state index contributed by atoms with van der Waals surface area (Å²) in [6.07, 6.45) is 0.263. The number of methoxy groups -OCH3 is 1. The molecular formula is C24H26F2N4O5. The summed E-state index contributed by atoms with van der Waals surface area (Å²) in [4.78, 5) is 42.0. The molecule has 0 aliphatic heterocycles. The highest BCUT2D eigenvalue weighted by Crippen LogP contribution is 2.21. The molecular weight excluding hydrogens is 462 g/mol. The SMILES string of the molecule is COCCCN(C(=O)Cc1ccc(OC(F)F)cc1)c1c(N)n(Cc2ccccc2)c(=O)[nH]c1=O. The van der Waals surface area contributed by atoms with Crippen molar-refractivity contribution in [1.29, 1.82) is 0 Å². The number of aromatic amines is 1. The summed E-state index contributed by atoms with van der Waals surface area (Å²) >= 11 is 0. The third-order valence-corrected chi connectivity index (χ3v) is 5.20. The van der Waals surface area contributed by atoms with Gasteiger partial charge in [0.05, 0.1) is 13.0 Å². The van der Waals surface area contributed by atoms with E-state index in [0.717, 1.165) is 5.56 Å². The molecule has 0 fully saturated rings. The van der Waals surface area contributed by atoms with E-state index in [9.17, 15) is 23.2 Å². The number of nitrogen functional groups attached to an aromatic ring is 1. The quantitative estimate of drug-likeness (QED) is 0.400. The summed E-state index contributed by atoms with van der Waals surface area (Å²) < 4.78 is 35.4. The van der Waals surface area contributed by atoms with Gasteiger partial charge in [0.1, 0.15) is 11.6 Å². The molecule has 0 unspecified atom stereocenters. The number of halogens is 2. The maximum absolute atomic E-state index is 13.3. The zero-order chi connectivity index (χ0) is 25.4. The van der Waals surface area contributed by atoms with E-state index in [-0.39, 0.29) is 36.8 Å². The van der Waals surface area contributed by atoms with E-state index in [0.29, 0.717) is 18.6 Å². The van der Waals surface area contributed by atoms with Gasteiger partial charge in [-0.05, 0) is 29.7 Å². The molecule has 0 aliphatic rings. The van der Waals surface area contributed by atoms with Crippen LogP contribution in [0.3, 0.4) is 0 Å². The molecule has 35 heavy (non-hydrogen) atoms. The van der Waals surface area contributed by atoms with E-state index in [1.807, 2.05) is 6.07 Å². The maximum atomic E-state index is 13.3. The zero-order valence-electron chi connectivity index (χ0n) is 19.1. The van der Waals surface area contributed by atoms with Crippen molar-refractivity contribution >= 4 is 17.4 Å². The van der Waals surface area contributed by atoms with Crippen molar-refractivity contribution in [3.8, 4) is 5.75 Å². The van der Waals surface area contributed by atoms with Gasteiger partial charge < -0.3 is 20.1 Å². The van der Waals surface area contributed by atoms with Crippen molar-refractivity contribution in [3.63, 3.8) is 0 Å². The van der Waals surface area contributed by atoms with Crippen LogP contribution in [-0.4, -0.2) is 42.3 Å². The number of carbonyl (C=O) groups excluding carboxylic acids is 1. The zero-order valence-corrected chi connectivity index (χ0v) is 19.1. The third-order valence-electron chi connectivity index (χ3n) is 5.20. The molecule has 0 aliphatic carbocycles. The number of aromatic nitrogens is 2. The lowest BCUT2D eigenvalue weighted by Gasteiger charge is -2.24. The van der Waals surface area contributed by atoms with Crippen LogP contribution in [0.2, 0.25) is 0 Å². The molecule has 3 aromatic rings. The van der Waals surface area contributed by atoms with Gasteiger partial charge in [0.25, 0.3) is 5.56 Å². The highest BCUT2D eigenvalue weighted by atomic mass is 19.3. The molecule has 0 bridgehead atoms. The number of nitrogens with zero attached hydrogens (tertiary/aromatic N) is 2. The van der Waals surface area contributed by atoms with Crippen molar-refractivity contribution in [2.24, 2.45) is 0 Å². The Morgan fingerprint density at radius 2 is 1.77 bits per heavy atom. The lowest BCUT2D eigenvalue weighted by atomic mass is 10.1. The molecule has 3 rings (SSSR count). The molecule has 0 saturated heterocycles. The Kier molecular flexibility index (Phi) is 8.74. The minimum Gasteiger partial charge on any atom is -0.435 e. The van der Waals surface area contributed by atoms with E-state index in [2.05, 4.69) is 9.72 Å². The van der Waals surface area contributed by atoms with Gasteiger partial charge in [-0.2, -0.15) is 8.78 Å². The fourth-order valence-corrected chi connectivity index (χ4v) is 3.55. The summed E-state index contributed by atoms with van der Waals surface area (Å²) in [6.45, 7) is -2.43. The normalized spacial score (nSPS) is 11.0. The topological polar surface area (TPSA) is 120 Å². The first-order valence-corrected chi connectivity index (χ1v) is 10.8. The van der Waals surface area contributed by atoms with Crippen LogP contribution in [-0.2, 0) is 22.5 Å². The highest BCUT2D eigenvalue weighted by molar-refractivity contribution is 5.96. The van der Waals surface area contributed by atoms with Gasteiger partial charge in [0.15, 0.2) is 5.69 Å². The van der Waals surface area contributed by atoms with E-state index >= 15 is 0 Å². The number of carbonyl (C=O) groups is 1.